The van der Waals surface area contributed by atoms with Crippen LogP contribution in [0, 0.1) is 10.1 Å². The molecule has 2 aromatic rings. The summed E-state index contributed by atoms with van der Waals surface area (Å²) in [5.41, 5.74) is 16.9. The van der Waals surface area contributed by atoms with Crippen molar-refractivity contribution < 1.29 is 19.3 Å². The minimum atomic E-state index is -1.03. The van der Waals surface area contributed by atoms with Gasteiger partial charge in [0.1, 0.15) is 12.1 Å². The second kappa shape index (κ2) is 12.5. The first-order valence-electron chi connectivity index (χ1n) is 10.4. The van der Waals surface area contributed by atoms with E-state index in [0.717, 1.165) is 5.56 Å². The number of nitrogens with zero attached hydrogens (tertiary/aromatic N) is 2. The van der Waals surface area contributed by atoms with Crippen molar-refractivity contribution in [3.63, 3.8) is 0 Å². The predicted octanol–water partition coefficient (Wildman–Crippen LogP) is -0.0404. The molecule has 8 N–H and O–H groups in total. The van der Waals surface area contributed by atoms with E-state index >= 15 is 0 Å². The highest BCUT2D eigenvalue weighted by atomic mass is 16.6. The van der Waals surface area contributed by atoms with Crippen molar-refractivity contribution in [2.24, 2.45) is 22.2 Å². The van der Waals surface area contributed by atoms with Crippen molar-refractivity contribution in [1.82, 2.24) is 10.6 Å². The van der Waals surface area contributed by atoms with Crippen LogP contribution in [0.2, 0.25) is 0 Å². The van der Waals surface area contributed by atoms with Crippen LogP contribution in [0.4, 0.5) is 5.69 Å². The zero-order chi connectivity index (χ0) is 25.1. The molecule has 12 nitrogen and oxygen atoms in total. The Labute approximate surface area is 195 Å². The fraction of sp³-hybridized carbons (Fsp3) is 0.273. The predicted molar refractivity (Wildman–Crippen MR) is 126 cm³/mol. The molecule has 0 saturated heterocycles. The fourth-order valence-corrected chi connectivity index (χ4v) is 3.09. The zero-order valence-electron chi connectivity index (χ0n) is 18.3. The summed E-state index contributed by atoms with van der Waals surface area (Å²) in [7, 11) is 0. The standard InChI is InChI=1S/C22H27N7O5/c23-19(30)18(13-14-5-2-1-3-6-14)28-21(32)17(7-4-12-26-22(24)25)27-20(31)15-8-10-16(11-9-15)29(33)34/h1-3,5-6,8-11,17-18H,4,7,12-13H2,(H2,23,30)(H,27,31)(H,28,32)(H4,24,25,26)/t17-,18-/m0/s1. The van der Waals surface area contributed by atoms with Crippen molar-refractivity contribution in [1.29, 1.82) is 0 Å². The molecule has 180 valence electrons. The topological polar surface area (TPSA) is 209 Å². The van der Waals surface area contributed by atoms with Gasteiger partial charge < -0.3 is 27.8 Å². The number of guanidine groups is 1. The molecule has 3 amide bonds. The van der Waals surface area contributed by atoms with Gasteiger partial charge in [-0.1, -0.05) is 30.3 Å². The number of nitro benzene ring substituents is 1. The number of primary amides is 1. The van der Waals surface area contributed by atoms with Gasteiger partial charge in [0.25, 0.3) is 11.6 Å². The van der Waals surface area contributed by atoms with Crippen molar-refractivity contribution in [2.45, 2.75) is 31.3 Å². The number of carbonyl (C=O) groups is 3. The Morgan fingerprint density at radius 1 is 0.941 bits per heavy atom. The monoisotopic (exact) mass is 469 g/mol. The fourth-order valence-electron chi connectivity index (χ4n) is 3.09. The first-order chi connectivity index (χ1) is 16.2. The lowest BCUT2D eigenvalue weighted by Crippen LogP contribution is -2.53. The van der Waals surface area contributed by atoms with E-state index in [1.165, 1.54) is 24.3 Å². The van der Waals surface area contributed by atoms with Crippen molar-refractivity contribution in [3.8, 4) is 0 Å². The number of rotatable bonds is 12. The van der Waals surface area contributed by atoms with Crippen LogP contribution in [0.25, 0.3) is 0 Å². The molecule has 0 bridgehead atoms. The van der Waals surface area contributed by atoms with Crippen LogP contribution in [-0.2, 0) is 16.0 Å². The van der Waals surface area contributed by atoms with Crippen LogP contribution in [-0.4, -0.2) is 47.2 Å². The van der Waals surface area contributed by atoms with Gasteiger partial charge in [0.2, 0.25) is 11.8 Å². The van der Waals surface area contributed by atoms with Crippen LogP contribution >= 0.6 is 0 Å². The highest BCUT2D eigenvalue weighted by Crippen LogP contribution is 2.12. The lowest BCUT2D eigenvalue weighted by Gasteiger charge is -2.22. The van der Waals surface area contributed by atoms with Crippen molar-refractivity contribution in [2.75, 3.05) is 6.54 Å². The minimum absolute atomic E-state index is 0.104. The Bertz CT molecular complexity index is 1040. The van der Waals surface area contributed by atoms with Crippen LogP contribution < -0.4 is 27.8 Å². The van der Waals surface area contributed by atoms with Gasteiger partial charge in [-0.05, 0) is 30.5 Å². The molecule has 0 saturated carbocycles. The van der Waals surface area contributed by atoms with Crippen molar-refractivity contribution >= 4 is 29.4 Å². The van der Waals surface area contributed by atoms with Gasteiger partial charge in [-0.3, -0.25) is 29.5 Å². The van der Waals surface area contributed by atoms with Crippen LogP contribution in [0.3, 0.4) is 0 Å². The molecule has 0 aliphatic carbocycles. The maximum atomic E-state index is 13.0. The summed E-state index contributed by atoms with van der Waals surface area (Å²) in [5.74, 6) is -2.05. The summed E-state index contributed by atoms with van der Waals surface area (Å²) >= 11 is 0. The average molecular weight is 470 g/mol. The van der Waals surface area contributed by atoms with Crippen LogP contribution in [0.1, 0.15) is 28.8 Å². The Morgan fingerprint density at radius 2 is 1.59 bits per heavy atom. The number of benzene rings is 2. The second-order valence-corrected chi connectivity index (χ2v) is 7.43. The highest BCUT2D eigenvalue weighted by Gasteiger charge is 2.26. The van der Waals surface area contributed by atoms with E-state index in [1.54, 1.807) is 24.3 Å². The molecular formula is C22H27N7O5. The molecule has 0 radical (unpaired) electrons. The summed E-state index contributed by atoms with van der Waals surface area (Å²) in [6.07, 6.45) is 0.702. The van der Waals surface area contributed by atoms with Crippen molar-refractivity contribution in [3.05, 3.63) is 75.8 Å². The summed E-state index contributed by atoms with van der Waals surface area (Å²) < 4.78 is 0. The smallest absolute Gasteiger partial charge is 0.269 e. The lowest BCUT2D eigenvalue weighted by molar-refractivity contribution is -0.384. The van der Waals surface area contributed by atoms with Gasteiger partial charge in [-0.15, -0.1) is 0 Å². The van der Waals surface area contributed by atoms with Crippen LogP contribution in [0.15, 0.2) is 59.6 Å². The molecule has 2 rings (SSSR count). The number of hydrogen-bond donors (Lipinski definition) is 5. The number of carbonyl (C=O) groups excluding carboxylic acids is 3. The first kappa shape index (κ1) is 25.8. The zero-order valence-corrected chi connectivity index (χ0v) is 18.3. The number of aliphatic imine (C=N–C) groups is 1. The summed E-state index contributed by atoms with van der Waals surface area (Å²) in [6, 6.07) is 11.9. The van der Waals surface area contributed by atoms with Gasteiger partial charge in [0.15, 0.2) is 5.96 Å². The number of non-ortho nitro benzene ring substituents is 1. The number of amides is 3. The summed E-state index contributed by atoms with van der Waals surface area (Å²) in [5, 5.41) is 16.0. The molecule has 12 heteroatoms. The highest BCUT2D eigenvalue weighted by molar-refractivity contribution is 5.98. The van der Waals surface area contributed by atoms with Gasteiger partial charge in [-0.2, -0.15) is 0 Å². The van der Waals surface area contributed by atoms with E-state index in [4.69, 9.17) is 17.2 Å². The maximum absolute atomic E-state index is 13.0. The molecule has 2 atom stereocenters. The van der Waals surface area contributed by atoms with E-state index in [9.17, 15) is 24.5 Å². The molecule has 0 unspecified atom stereocenters. The third kappa shape index (κ3) is 8.22. The molecule has 2 aromatic carbocycles. The third-order valence-corrected chi connectivity index (χ3v) is 4.85. The molecule has 0 aliphatic rings. The van der Waals surface area contributed by atoms with Gasteiger partial charge in [0.05, 0.1) is 4.92 Å². The van der Waals surface area contributed by atoms with Gasteiger partial charge in [-0.25, -0.2) is 0 Å². The summed E-state index contributed by atoms with van der Waals surface area (Å²) in [4.78, 5) is 51.7. The van der Waals surface area contributed by atoms with Crippen LogP contribution in [0.5, 0.6) is 0 Å². The first-order valence-corrected chi connectivity index (χ1v) is 10.4. The quantitative estimate of drug-likeness (QED) is 0.0940. The Morgan fingerprint density at radius 3 is 2.15 bits per heavy atom. The Balaban J connectivity index is 2.14. The molecule has 34 heavy (non-hydrogen) atoms. The molecule has 0 heterocycles. The SMILES string of the molecule is NC(=O)[C@H](Cc1ccccc1)NC(=O)[C@H](CCCN=C(N)N)NC(=O)c1ccc([N+](=O)[O-])cc1. The molecule has 0 aromatic heterocycles. The molecular weight excluding hydrogens is 442 g/mol. The van der Waals surface area contributed by atoms with E-state index < -0.39 is 34.7 Å². The van der Waals surface area contributed by atoms with Gasteiger partial charge in [0, 0.05) is 30.7 Å². The van der Waals surface area contributed by atoms with E-state index in [-0.39, 0.29) is 36.6 Å². The molecule has 0 spiro atoms. The van der Waals surface area contributed by atoms with Gasteiger partial charge >= 0.3 is 0 Å². The largest absolute Gasteiger partial charge is 0.370 e. The number of nitrogens with two attached hydrogens (primary N) is 3. The molecule has 0 fully saturated rings. The number of nitrogens with one attached hydrogen (secondary N) is 2. The van der Waals surface area contributed by atoms with E-state index in [2.05, 4.69) is 15.6 Å². The lowest BCUT2D eigenvalue weighted by atomic mass is 10.0. The Hall–Kier alpha value is -4.48. The number of hydrogen-bond acceptors (Lipinski definition) is 6. The normalized spacial score (nSPS) is 12.1. The minimum Gasteiger partial charge on any atom is -0.370 e. The van der Waals surface area contributed by atoms with E-state index in [1.807, 2.05) is 6.07 Å². The molecule has 0 aliphatic heterocycles. The Kier molecular flexibility index (Phi) is 9.50. The maximum Gasteiger partial charge on any atom is 0.269 e. The summed E-state index contributed by atoms with van der Waals surface area (Å²) in [6.45, 7) is 0.225. The average Bonchev–Trinajstić information content (AvgIpc) is 2.80. The van der Waals surface area contributed by atoms with E-state index in [0.29, 0.717) is 6.42 Å². The second-order valence-electron chi connectivity index (χ2n) is 7.43. The third-order valence-electron chi connectivity index (χ3n) is 4.85. The number of nitro groups is 1.